The van der Waals surface area contributed by atoms with Gasteiger partial charge in [-0.05, 0) is 25.7 Å². The maximum atomic E-state index is 12.8. The molecule has 0 saturated carbocycles. The fraction of sp³-hybridized carbons (Fsp3) is 0.611. The summed E-state index contributed by atoms with van der Waals surface area (Å²) >= 11 is 0. The van der Waals surface area contributed by atoms with Gasteiger partial charge in [0.05, 0.1) is 18.6 Å². The Morgan fingerprint density at radius 2 is 1.52 bits per heavy atom. The van der Waals surface area contributed by atoms with Crippen molar-refractivity contribution < 1.29 is 13.2 Å². The molecule has 0 spiro atoms. The summed E-state index contributed by atoms with van der Waals surface area (Å²) in [5.74, 6) is 0.0190. The van der Waals surface area contributed by atoms with Crippen LogP contribution in [0.4, 0.5) is 0 Å². The molecule has 2 saturated heterocycles. The van der Waals surface area contributed by atoms with Gasteiger partial charge < -0.3 is 0 Å². The number of carbonyl (C=O) groups is 1. The Morgan fingerprint density at radius 1 is 1.00 bits per heavy atom. The molecule has 2 atom stereocenters. The molecule has 2 aliphatic heterocycles. The zero-order chi connectivity index (χ0) is 16.8. The summed E-state index contributed by atoms with van der Waals surface area (Å²) in [6.07, 6.45) is 3.50. The predicted molar refractivity (Wildman–Crippen MR) is 96.8 cm³/mol. The van der Waals surface area contributed by atoms with Gasteiger partial charge in [0.1, 0.15) is 0 Å². The van der Waals surface area contributed by atoms with Crippen LogP contribution in [0.25, 0.3) is 0 Å². The maximum absolute atomic E-state index is 12.8. The molecule has 0 N–H and O–H groups in total. The first kappa shape index (κ1) is 16.9. The van der Waals surface area contributed by atoms with Crippen molar-refractivity contribution in [3.05, 3.63) is 29.8 Å². The molecular weight excluding hydrogens is 324 g/mol. The highest BCUT2D eigenvalue weighted by molar-refractivity contribution is 7.92. The second-order valence-corrected chi connectivity index (χ2v) is 15.7. The van der Waals surface area contributed by atoms with Crippen molar-refractivity contribution in [3.8, 4) is 0 Å². The number of carbonyl (C=O) groups excluding carboxylic acids is 1. The van der Waals surface area contributed by atoms with Crippen LogP contribution in [0.3, 0.4) is 0 Å². The van der Waals surface area contributed by atoms with Crippen LogP contribution in [0.5, 0.6) is 0 Å². The second kappa shape index (κ2) is 5.85. The molecule has 2 fully saturated rings. The van der Waals surface area contributed by atoms with E-state index in [1.807, 2.05) is 12.1 Å². The summed E-state index contributed by atoms with van der Waals surface area (Å²) < 4.78 is 24.7. The Hall–Kier alpha value is -0.943. The summed E-state index contributed by atoms with van der Waals surface area (Å²) in [5.41, 5.74) is 0.745. The number of fused-ring (bicyclic) bond motifs is 2. The number of Topliss-reactive ketones (excluding diaryl/α,β-unsaturated/α-hetero) is 1. The molecule has 2 unspecified atom stereocenters. The van der Waals surface area contributed by atoms with Gasteiger partial charge in [-0.1, -0.05) is 55.5 Å². The van der Waals surface area contributed by atoms with Gasteiger partial charge in [0.2, 0.25) is 0 Å². The number of hydrogen-bond acceptors (Lipinski definition) is 3. The van der Waals surface area contributed by atoms with Gasteiger partial charge in [-0.3, -0.25) is 4.79 Å². The average Bonchev–Trinajstić information content (AvgIpc) is 2.44. The highest BCUT2D eigenvalue weighted by Crippen LogP contribution is 2.40. The van der Waals surface area contributed by atoms with Crippen molar-refractivity contribution in [2.24, 2.45) is 5.92 Å². The van der Waals surface area contributed by atoms with Crippen molar-refractivity contribution in [1.82, 2.24) is 0 Å². The molecule has 2 heterocycles. The van der Waals surface area contributed by atoms with Gasteiger partial charge in [-0.25, -0.2) is 8.42 Å². The molecule has 2 bridgehead atoms. The topological polar surface area (TPSA) is 51.2 Å². The molecule has 0 radical (unpaired) electrons. The first-order valence-electron chi connectivity index (χ1n) is 8.57. The van der Waals surface area contributed by atoms with Crippen LogP contribution >= 0.6 is 0 Å². The van der Waals surface area contributed by atoms with E-state index in [-0.39, 0.29) is 22.2 Å². The third-order valence-corrected chi connectivity index (χ3v) is 10.3. The molecule has 1 aromatic carbocycles. The van der Waals surface area contributed by atoms with Gasteiger partial charge in [-0.2, -0.15) is 0 Å². The predicted octanol–water partition coefficient (Wildman–Crippen LogP) is 3.16. The van der Waals surface area contributed by atoms with E-state index in [1.54, 1.807) is 0 Å². The van der Waals surface area contributed by atoms with Crippen LogP contribution < -0.4 is 5.19 Å². The van der Waals surface area contributed by atoms with Crippen molar-refractivity contribution in [2.45, 2.75) is 62.2 Å². The third kappa shape index (κ3) is 3.18. The number of rotatable bonds is 3. The highest BCUT2D eigenvalue weighted by Gasteiger charge is 2.46. The van der Waals surface area contributed by atoms with E-state index in [0.717, 1.165) is 24.8 Å². The largest absolute Gasteiger partial charge is 0.294 e. The van der Waals surface area contributed by atoms with Crippen molar-refractivity contribution in [1.29, 1.82) is 0 Å². The summed E-state index contributed by atoms with van der Waals surface area (Å²) in [5, 5.41) is 0.771. The average molecular weight is 351 g/mol. The van der Waals surface area contributed by atoms with E-state index in [9.17, 15) is 13.2 Å². The lowest BCUT2D eigenvalue weighted by molar-refractivity contribution is 0.0894. The fourth-order valence-electron chi connectivity index (χ4n) is 3.99. The van der Waals surface area contributed by atoms with Crippen LogP contribution in [0.15, 0.2) is 24.3 Å². The minimum atomic E-state index is -2.99. The lowest BCUT2D eigenvalue weighted by Gasteiger charge is -2.38. The number of hydrogen-bond donors (Lipinski definition) is 0. The summed E-state index contributed by atoms with van der Waals surface area (Å²) in [6, 6.07) is 8.04. The quantitative estimate of drug-likeness (QED) is 0.621. The monoisotopic (exact) mass is 350 g/mol. The molecule has 5 heteroatoms. The molecule has 3 nitrogen and oxygen atoms in total. The van der Waals surface area contributed by atoms with E-state index in [4.69, 9.17) is 0 Å². The summed E-state index contributed by atoms with van der Waals surface area (Å²) in [6.45, 7) is 6.87. The van der Waals surface area contributed by atoms with Gasteiger partial charge in [0, 0.05) is 11.5 Å². The van der Waals surface area contributed by atoms with Gasteiger partial charge in [0.15, 0.2) is 15.6 Å². The first-order chi connectivity index (χ1) is 10.7. The number of sulfone groups is 1. The van der Waals surface area contributed by atoms with Crippen LogP contribution in [-0.2, 0) is 9.84 Å². The molecule has 2 aliphatic rings. The number of benzene rings is 1. The minimum Gasteiger partial charge on any atom is -0.294 e. The smallest absolute Gasteiger partial charge is 0.166 e. The van der Waals surface area contributed by atoms with E-state index in [2.05, 4.69) is 31.8 Å². The lowest BCUT2D eigenvalue weighted by Crippen LogP contribution is -2.45. The molecule has 0 aromatic heterocycles. The SMILES string of the molecule is C[Si](C)(C)c1ccc(C(=O)C2CC3CCCC(C2)S3(=O)=O)cc1. The Kier molecular flexibility index (Phi) is 4.30. The van der Waals surface area contributed by atoms with E-state index in [0.29, 0.717) is 12.8 Å². The molecule has 0 aliphatic carbocycles. The van der Waals surface area contributed by atoms with Crippen LogP contribution in [0.2, 0.25) is 19.6 Å². The van der Waals surface area contributed by atoms with E-state index >= 15 is 0 Å². The molecule has 1 aromatic rings. The second-order valence-electron chi connectivity index (χ2n) is 8.12. The maximum Gasteiger partial charge on any atom is 0.166 e. The highest BCUT2D eigenvalue weighted by atomic mass is 32.2. The third-order valence-electron chi connectivity index (χ3n) is 5.48. The molecule has 0 amide bonds. The Balaban J connectivity index is 1.79. The van der Waals surface area contributed by atoms with E-state index in [1.165, 1.54) is 5.19 Å². The van der Waals surface area contributed by atoms with Crippen molar-refractivity contribution >= 4 is 28.9 Å². The van der Waals surface area contributed by atoms with Crippen molar-refractivity contribution in [3.63, 3.8) is 0 Å². The molecular formula is C18H26O3SSi. The fourth-order valence-corrected chi connectivity index (χ4v) is 7.70. The minimum absolute atomic E-state index is 0.119. The summed E-state index contributed by atoms with van der Waals surface area (Å²) in [7, 11) is -4.35. The van der Waals surface area contributed by atoms with Crippen molar-refractivity contribution in [2.75, 3.05) is 0 Å². The van der Waals surface area contributed by atoms with Crippen LogP contribution in [-0.4, -0.2) is 32.8 Å². The normalized spacial score (nSPS) is 30.0. The van der Waals surface area contributed by atoms with Crippen LogP contribution in [0.1, 0.15) is 42.5 Å². The van der Waals surface area contributed by atoms with Gasteiger partial charge in [-0.15, -0.1) is 0 Å². The van der Waals surface area contributed by atoms with Gasteiger partial charge in [0.25, 0.3) is 0 Å². The Bertz CT molecular complexity index is 681. The van der Waals surface area contributed by atoms with E-state index < -0.39 is 17.9 Å². The summed E-state index contributed by atoms with van der Waals surface area (Å²) in [4.78, 5) is 12.8. The Labute approximate surface area is 140 Å². The van der Waals surface area contributed by atoms with Gasteiger partial charge >= 0.3 is 0 Å². The first-order valence-corrected chi connectivity index (χ1v) is 13.7. The lowest BCUT2D eigenvalue weighted by atomic mass is 9.84. The molecule has 126 valence electrons. The Morgan fingerprint density at radius 3 is 2.00 bits per heavy atom. The van der Waals surface area contributed by atoms with Crippen LogP contribution in [0, 0.1) is 5.92 Å². The standard InChI is InChI=1S/C18H26O3SSi/c1-23(2,3)17-9-7-13(8-10-17)18(19)14-11-15-5-4-6-16(12-14)22(15,20)21/h7-10,14-16H,4-6,11-12H2,1-3H3. The number of ketones is 1. The zero-order valence-corrected chi connectivity index (χ0v) is 16.0. The molecule has 3 rings (SSSR count). The zero-order valence-electron chi connectivity index (χ0n) is 14.2. The molecule has 23 heavy (non-hydrogen) atoms.